The Hall–Kier alpha value is -2.85. The Morgan fingerprint density at radius 3 is 2.13 bits per heavy atom. The number of sulfonamides is 1. The molecule has 1 fully saturated rings. The zero-order chi connectivity index (χ0) is 22.6. The highest BCUT2D eigenvalue weighted by molar-refractivity contribution is 7.89. The van der Waals surface area contributed by atoms with Crippen molar-refractivity contribution in [3.8, 4) is 0 Å². The number of halogens is 2. The second kappa shape index (κ2) is 9.52. The molecule has 7 nitrogen and oxygen atoms in total. The Morgan fingerprint density at radius 1 is 0.935 bits per heavy atom. The first-order chi connectivity index (χ1) is 14.7. The third-order valence-electron chi connectivity index (χ3n) is 5.22. The minimum atomic E-state index is -3.50. The number of hydrogen-bond donors (Lipinski definition) is 1. The first-order valence-corrected chi connectivity index (χ1v) is 11.2. The molecule has 3 rings (SSSR count). The molecule has 0 unspecified atom stereocenters. The highest BCUT2D eigenvalue weighted by Crippen LogP contribution is 2.15. The van der Waals surface area contributed by atoms with Crippen molar-refractivity contribution < 1.29 is 26.8 Å². The van der Waals surface area contributed by atoms with Gasteiger partial charge in [0.1, 0.15) is 0 Å². The maximum Gasteiger partial charge on any atom is 0.254 e. The summed E-state index contributed by atoms with van der Waals surface area (Å²) in [7, 11) is -2.16. The van der Waals surface area contributed by atoms with Crippen molar-refractivity contribution in [2.45, 2.75) is 17.7 Å². The topological polar surface area (TPSA) is 86.8 Å². The van der Waals surface area contributed by atoms with Crippen molar-refractivity contribution in [1.29, 1.82) is 0 Å². The van der Waals surface area contributed by atoms with Crippen LogP contribution in [0.5, 0.6) is 0 Å². The summed E-state index contributed by atoms with van der Waals surface area (Å²) in [5, 5.41) is 0. The molecule has 10 heteroatoms. The fourth-order valence-electron chi connectivity index (χ4n) is 3.33. The van der Waals surface area contributed by atoms with Gasteiger partial charge >= 0.3 is 0 Å². The molecule has 2 amide bonds. The molecule has 166 valence electrons. The summed E-state index contributed by atoms with van der Waals surface area (Å²) in [5.41, 5.74) is 0.915. The van der Waals surface area contributed by atoms with E-state index in [1.165, 1.54) is 30.1 Å². The van der Waals surface area contributed by atoms with Gasteiger partial charge in [-0.3, -0.25) is 9.59 Å². The van der Waals surface area contributed by atoms with Gasteiger partial charge in [0.25, 0.3) is 5.91 Å². The standard InChI is InChI=1S/C21H23F2N3O4S/c1-24-31(29,30)17-6-2-15(3-7-17)4-9-20(27)25-10-12-26(13-11-25)21(28)16-5-8-18(22)19(23)14-16/h2-3,5-8,14,24H,4,9-13H2,1H3. The molecular formula is C21H23F2N3O4S. The lowest BCUT2D eigenvalue weighted by atomic mass is 10.1. The molecule has 0 aliphatic carbocycles. The number of piperazine rings is 1. The molecule has 1 aliphatic rings. The summed E-state index contributed by atoms with van der Waals surface area (Å²) in [6, 6.07) is 9.38. The molecule has 0 atom stereocenters. The van der Waals surface area contributed by atoms with Crippen LogP contribution in [0, 0.1) is 11.6 Å². The van der Waals surface area contributed by atoms with E-state index in [1.54, 1.807) is 17.0 Å². The van der Waals surface area contributed by atoms with E-state index < -0.39 is 27.6 Å². The summed E-state index contributed by atoms with van der Waals surface area (Å²) in [4.78, 5) is 28.3. The molecule has 0 radical (unpaired) electrons. The molecule has 0 spiro atoms. The summed E-state index contributed by atoms with van der Waals surface area (Å²) in [5.74, 6) is -2.55. The van der Waals surface area contributed by atoms with Gasteiger partial charge in [-0.25, -0.2) is 21.9 Å². The largest absolute Gasteiger partial charge is 0.339 e. The minimum absolute atomic E-state index is 0.0631. The zero-order valence-corrected chi connectivity index (χ0v) is 17.8. The van der Waals surface area contributed by atoms with Gasteiger partial charge in [0, 0.05) is 38.2 Å². The van der Waals surface area contributed by atoms with E-state index >= 15 is 0 Å². The molecule has 1 heterocycles. The van der Waals surface area contributed by atoms with Crippen LogP contribution in [0.1, 0.15) is 22.3 Å². The Kier molecular flexibility index (Phi) is 7.01. The van der Waals surface area contributed by atoms with Gasteiger partial charge in [-0.05, 0) is 49.4 Å². The number of rotatable bonds is 6. The molecule has 31 heavy (non-hydrogen) atoms. The van der Waals surface area contributed by atoms with Crippen molar-refractivity contribution in [1.82, 2.24) is 14.5 Å². The van der Waals surface area contributed by atoms with E-state index in [4.69, 9.17) is 0 Å². The minimum Gasteiger partial charge on any atom is -0.339 e. The summed E-state index contributed by atoms with van der Waals surface area (Å²) in [6.07, 6.45) is 0.724. The van der Waals surface area contributed by atoms with E-state index in [9.17, 15) is 26.8 Å². The molecule has 0 aromatic heterocycles. The van der Waals surface area contributed by atoms with E-state index in [0.717, 1.165) is 17.7 Å². The predicted octanol–water partition coefficient (Wildman–Crippen LogP) is 1.79. The van der Waals surface area contributed by atoms with Crippen molar-refractivity contribution >= 4 is 21.8 Å². The molecule has 0 saturated carbocycles. The average Bonchev–Trinajstić information content (AvgIpc) is 2.79. The zero-order valence-electron chi connectivity index (χ0n) is 17.0. The smallest absolute Gasteiger partial charge is 0.254 e. The molecule has 0 bridgehead atoms. The Labute approximate surface area is 179 Å². The second-order valence-corrected chi connectivity index (χ2v) is 9.04. The van der Waals surface area contributed by atoms with E-state index in [2.05, 4.69) is 4.72 Å². The highest BCUT2D eigenvalue weighted by Gasteiger charge is 2.25. The summed E-state index contributed by atoms with van der Waals surface area (Å²) < 4.78 is 52.2. The highest BCUT2D eigenvalue weighted by atomic mass is 32.2. The van der Waals surface area contributed by atoms with Crippen LogP contribution in [-0.2, 0) is 21.2 Å². The van der Waals surface area contributed by atoms with E-state index in [-0.39, 0.29) is 22.8 Å². The molecule has 2 aromatic carbocycles. The van der Waals surface area contributed by atoms with Crippen LogP contribution in [0.2, 0.25) is 0 Å². The fraction of sp³-hybridized carbons (Fsp3) is 0.333. The Balaban J connectivity index is 1.50. The number of hydrogen-bond acceptors (Lipinski definition) is 4. The number of aryl methyl sites for hydroxylation is 1. The van der Waals surface area contributed by atoms with Gasteiger partial charge in [0.05, 0.1) is 4.90 Å². The Morgan fingerprint density at radius 2 is 1.55 bits per heavy atom. The lowest BCUT2D eigenvalue weighted by Gasteiger charge is -2.35. The first kappa shape index (κ1) is 22.8. The number of nitrogens with zero attached hydrogens (tertiary/aromatic N) is 2. The van der Waals surface area contributed by atoms with Crippen LogP contribution in [0.25, 0.3) is 0 Å². The monoisotopic (exact) mass is 451 g/mol. The number of amides is 2. The quantitative estimate of drug-likeness (QED) is 0.726. The number of nitrogens with one attached hydrogen (secondary N) is 1. The fourth-order valence-corrected chi connectivity index (χ4v) is 4.06. The van der Waals surface area contributed by atoms with Gasteiger partial charge in [-0.1, -0.05) is 12.1 Å². The van der Waals surface area contributed by atoms with Gasteiger partial charge < -0.3 is 9.80 Å². The van der Waals surface area contributed by atoms with Crippen molar-refractivity contribution in [2.75, 3.05) is 33.2 Å². The normalized spacial score (nSPS) is 14.5. The predicted molar refractivity (Wildman–Crippen MR) is 110 cm³/mol. The van der Waals surface area contributed by atoms with Gasteiger partial charge in [0.2, 0.25) is 15.9 Å². The lowest BCUT2D eigenvalue weighted by molar-refractivity contribution is -0.132. The Bertz CT molecular complexity index is 1070. The molecule has 1 saturated heterocycles. The van der Waals surface area contributed by atoms with E-state index in [1.807, 2.05) is 0 Å². The van der Waals surface area contributed by atoms with Crippen LogP contribution >= 0.6 is 0 Å². The van der Waals surface area contributed by atoms with Gasteiger partial charge in [0.15, 0.2) is 11.6 Å². The molecular weight excluding hydrogens is 428 g/mol. The molecule has 1 aliphatic heterocycles. The summed E-state index contributed by atoms with van der Waals surface area (Å²) in [6.45, 7) is 1.32. The molecule has 2 aromatic rings. The maximum atomic E-state index is 13.4. The molecule has 1 N–H and O–H groups in total. The van der Waals surface area contributed by atoms with Crippen LogP contribution in [-0.4, -0.2) is 63.3 Å². The first-order valence-electron chi connectivity index (χ1n) is 9.76. The van der Waals surface area contributed by atoms with E-state index in [0.29, 0.717) is 32.6 Å². The van der Waals surface area contributed by atoms with Crippen molar-refractivity contribution in [3.05, 3.63) is 65.2 Å². The summed E-state index contributed by atoms with van der Waals surface area (Å²) >= 11 is 0. The second-order valence-electron chi connectivity index (χ2n) is 7.15. The van der Waals surface area contributed by atoms with Crippen molar-refractivity contribution in [2.24, 2.45) is 0 Å². The van der Waals surface area contributed by atoms with Crippen molar-refractivity contribution in [3.63, 3.8) is 0 Å². The van der Waals surface area contributed by atoms with Crippen LogP contribution in [0.3, 0.4) is 0 Å². The number of carbonyl (C=O) groups is 2. The number of benzene rings is 2. The SMILES string of the molecule is CNS(=O)(=O)c1ccc(CCC(=O)N2CCN(C(=O)c3ccc(F)c(F)c3)CC2)cc1. The van der Waals surface area contributed by atoms with Gasteiger partial charge in [-0.15, -0.1) is 0 Å². The van der Waals surface area contributed by atoms with Gasteiger partial charge in [-0.2, -0.15) is 0 Å². The third-order valence-corrected chi connectivity index (χ3v) is 6.65. The van der Waals surface area contributed by atoms with Crippen LogP contribution < -0.4 is 4.72 Å². The third kappa shape index (κ3) is 5.45. The average molecular weight is 451 g/mol. The number of carbonyl (C=O) groups excluding carboxylic acids is 2. The lowest BCUT2D eigenvalue weighted by Crippen LogP contribution is -2.50. The van der Waals surface area contributed by atoms with Crippen LogP contribution in [0.15, 0.2) is 47.4 Å². The maximum absolute atomic E-state index is 13.4. The van der Waals surface area contributed by atoms with Crippen LogP contribution in [0.4, 0.5) is 8.78 Å².